The van der Waals surface area contributed by atoms with Crippen molar-refractivity contribution in [3.63, 3.8) is 0 Å². The average molecular weight is 403 g/mol. The Balaban J connectivity index is 1.58. The highest BCUT2D eigenvalue weighted by Crippen LogP contribution is 2.49. The first-order valence-corrected chi connectivity index (χ1v) is 11.7. The second-order valence-electron chi connectivity index (χ2n) is 10.0. The number of allylic oxidation sites excluding steroid dienone is 1. The second-order valence-corrected chi connectivity index (χ2v) is 10.0. The zero-order valence-corrected chi connectivity index (χ0v) is 18.1. The predicted molar refractivity (Wildman–Crippen MR) is 115 cm³/mol. The third-order valence-electron chi connectivity index (χ3n) is 7.33. The lowest BCUT2D eigenvalue weighted by Gasteiger charge is -2.46. The molecule has 1 saturated heterocycles. The average Bonchev–Trinajstić information content (AvgIpc) is 3.49. The van der Waals surface area contributed by atoms with E-state index in [-0.39, 0.29) is 12.1 Å². The molecule has 0 bridgehead atoms. The van der Waals surface area contributed by atoms with Crippen molar-refractivity contribution in [3.8, 4) is 0 Å². The van der Waals surface area contributed by atoms with Gasteiger partial charge in [-0.05, 0) is 62.5 Å². The van der Waals surface area contributed by atoms with Crippen LogP contribution in [-0.4, -0.2) is 60.4 Å². The van der Waals surface area contributed by atoms with Crippen molar-refractivity contribution in [2.24, 2.45) is 17.3 Å². The topological polar surface area (TPSA) is 61.8 Å². The van der Waals surface area contributed by atoms with Gasteiger partial charge in [0.15, 0.2) is 0 Å². The summed E-state index contributed by atoms with van der Waals surface area (Å²) in [4.78, 5) is 14.8. The summed E-state index contributed by atoms with van der Waals surface area (Å²) in [6.07, 6.45) is 14.1. The van der Waals surface area contributed by atoms with Gasteiger partial charge in [0.05, 0.1) is 5.41 Å². The van der Waals surface area contributed by atoms with E-state index >= 15 is 0 Å². The van der Waals surface area contributed by atoms with Crippen LogP contribution in [0.3, 0.4) is 0 Å². The van der Waals surface area contributed by atoms with Crippen molar-refractivity contribution in [1.29, 1.82) is 0 Å². The van der Waals surface area contributed by atoms with E-state index in [1.54, 1.807) is 0 Å². The quantitative estimate of drug-likeness (QED) is 0.617. The fourth-order valence-electron chi connectivity index (χ4n) is 5.22. The summed E-state index contributed by atoms with van der Waals surface area (Å²) in [7, 11) is 0. The molecule has 2 N–H and O–H groups in total. The van der Waals surface area contributed by atoms with E-state index in [2.05, 4.69) is 42.3 Å². The Morgan fingerprint density at radius 2 is 2.00 bits per heavy atom. The Morgan fingerprint density at radius 3 is 2.55 bits per heavy atom. The maximum atomic E-state index is 12.1. The Morgan fingerprint density at radius 1 is 1.28 bits per heavy atom. The molecular formula is C24H38N2O3. The summed E-state index contributed by atoms with van der Waals surface area (Å²) in [6.45, 7) is 8.38. The highest BCUT2D eigenvalue weighted by molar-refractivity contribution is 5.81. The molecule has 5 nitrogen and oxygen atoms in total. The largest absolute Gasteiger partial charge is 0.481 e. The zero-order chi connectivity index (χ0) is 20.4. The molecule has 2 atom stereocenters. The monoisotopic (exact) mass is 402 g/mol. The van der Waals surface area contributed by atoms with Gasteiger partial charge in [-0.25, -0.2) is 0 Å². The number of ether oxygens (including phenoxy) is 1. The number of hydrogen-bond donors (Lipinski definition) is 2. The van der Waals surface area contributed by atoms with Crippen molar-refractivity contribution >= 4 is 5.97 Å². The van der Waals surface area contributed by atoms with Gasteiger partial charge in [0.1, 0.15) is 0 Å². The molecular weight excluding hydrogens is 364 g/mol. The minimum atomic E-state index is -0.650. The number of nitrogens with zero attached hydrogens (tertiary/aromatic N) is 1. The molecule has 4 rings (SSSR count). The van der Waals surface area contributed by atoms with E-state index < -0.39 is 11.4 Å². The molecule has 29 heavy (non-hydrogen) atoms. The number of carboxylic acids is 1. The summed E-state index contributed by atoms with van der Waals surface area (Å²) in [5.41, 5.74) is 0.375. The van der Waals surface area contributed by atoms with Crippen LogP contribution >= 0.6 is 0 Å². The third-order valence-corrected chi connectivity index (χ3v) is 7.33. The Bertz CT molecular complexity index is 643. The summed E-state index contributed by atoms with van der Waals surface area (Å²) in [5.74, 6) is 0.748. The fraction of sp³-hybridized carbons (Fsp3) is 0.792. The van der Waals surface area contributed by atoms with Crippen molar-refractivity contribution in [2.75, 3.05) is 26.3 Å². The van der Waals surface area contributed by atoms with Gasteiger partial charge in [-0.15, -0.1) is 0 Å². The molecule has 4 aliphatic rings. The number of hydrogen-bond acceptors (Lipinski definition) is 4. The summed E-state index contributed by atoms with van der Waals surface area (Å²) < 4.78 is 5.63. The van der Waals surface area contributed by atoms with Gasteiger partial charge in [-0.1, -0.05) is 38.5 Å². The molecule has 5 heteroatoms. The van der Waals surface area contributed by atoms with Crippen LogP contribution in [0.15, 0.2) is 23.8 Å². The molecule has 2 unspecified atom stereocenters. The molecule has 0 radical (unpaired) electrons. The lowest BCUT2D eigenvalue weighted by Crippen LogP contribution is -2.56. The SMILES string of the molecule is CC(C)CN(C1CCOCC1)C1C=CC(C2(C(=O)O)CCC2)=CC1NCC1CC1. The first-order valence-electron chi connectivity index (χ1n) is 11.7. The number of carbonyl (C=O) groups is 1. The van der Waals surface area contributed by atoms with E-state index in [0.717, 1.165) is 69.9 Å². The molecule has 0 amide bonds. The van der Waals surface area contributed by atoms with Crippen molar-refractivity contribution in [2.45, 2.75) is 76.9 Å². The first-order chi connectivity index (χ1) is 14.0. The number of rotatable bonds is 9. The van der Waals surface area contributed by atoms with E-state index in [1.165, 1.54) is 12.8 Å². The molecule has 1 heterocycles. The zero-order valence-electron chi connectivity index (χ0n) is 18.1. The van der Waals surface area contributed by atoms with Gasteiger partial charge in [0.25, 0.3) is 0 Å². The van der Waals surface area contributed by atoms with Crippen molar-refractivity contribution < 1.29 is 14.6 Å². The molecule has 0 aromatic carbocycles. The van der Waals surface area contributed by atoms with Crippen LogP contribution in [0.1, 0.15) is 58.8 Å². The van der Waals surface area contributed by atoms with Crippen LogP contribution in [0.2, 0.25) is 0 Å². The Kier molecular flexibility index (Phi) is 6.47. The summed E-state index contributed by atoms with van der Waals surface area (Å²) in [6, 6.07) is 1.01. The molecule has 3 aliphatic carbocycles. The molecule has 1 aliphatic heterocycles. The van der Waals surface area contributed by atoms with E-state index in [0.29, 0.717) is 12.0 Å². The van der Waals surface area contributed by atoms with Crippen LogP contribution in [0.5, 0.6) is 0 Å². The predicted octanol–water partition coefficient (Wildman–Crippen LogP) is 3.61. The lowest BCUT2D eigenvalue weighted by atomic mass is 9.62. The first kappa shape index (κ1) is 21.1. The second kappa shape index (κ2) is 8.91. The van der Waals surface area contributed by atoms with Crippen LogP contribution in [0, 0.1) is 17.3 Å². The van der Waals surface area contributed by atoms with Crippen molar-refractivity contribution in [1.82, 2.24) is 10.2 Å². The molecule has 0 aromatic rings. The molecule has 162 valence electrons. The van der Waals surface area contributed by atoms with Crippen LogP contribution in [0.4, 0.5) is 0 Å². The number of nitrogens with one attached hydrogen (secondary N) is 1. The normalized spacial score (nSPS) is 29.7. The highest BCUT2D eigenvalue weighted by atomic mass is 16.5. The summed E-state index contributed by atoms with van der Waals surface area (Å²) in [5, 5.41) is 13.8. The highest BCUT2D eigenvalue weighted by Gasteiger charge is 2.48. The Labute approximate surface area is 175 Å². The summed E-state index contributed by atoms with van der Waals surface area (Å²) >= 11 is 0. The maximum absolute atomic E-state index is 12.1. The van der Waals surface area contributed by atoms with Gasteiger partial charge < -0.3 is 15.2 Å². The molecule has 0 spiro atoms. The van der Waals surface area contributed by atoms with Gasteiger partial charge in [-0.2, -0.15) is 0 Å². The van der Waals surface area contributed by atoms with Gasteiger partial charge in [0.2, 0.25) is 0 Å². The van der Waals surface area contributed by atoms with E-state index in [9.17, 15) is 9.90 Å². The molecule has 2 saturated carbocycles. The standard InChI is InChI=1S/C24H38N2O3/c1-17(2)16-26(20-8-12-29-13-9-20)22-7-6-19(24(23(27)28)10-3-11-24)14-21(22)25-15-18-4-5-18/h6-7,14,17-18,20-22,25H,3-5,8-13,15-16H2,1-2H3,(H,27,28). The van der Waals surface area contributed by atoms with Crippen LogP contribution in [-0.2, 0) is 9.53 Å². The van der Waals surface area contributed by atoms with Crippen LogP contribution < -0.4 is 5.32 Å². The Hall–Kier alpha value is -1.17. The van der Waals surface area contributed by atoms with Crippen LogP contribution in [0.25, 0.3) is 0 Å². The molecule has 3 fully saturated rings. The fourth-order valence-corrected chi connectivity index (χ4v) is 5.22. The van der Waals surface area contributed by atoms with Gasteiger partial charge >= 0.3 is 5.97 Å². The van der Waals surface area contributed by atoms with Gasteiger partial charge in [-0.3, -0.25) is 9.69 Å². The lowest BCUT2D eigenvalue weighted by molar-refractivity contribution is -0.150. The minimum absolute atomic E-state index is 0.189. The molecule has 0 aromatic heterocycles. The van der Waals surface area contributed by atoms with E-state index in [1.807, 2.05) is 0 Å². The maximum Gasteiger partial charge on any atom is 0.314 e. The van der Waals surface area contributed by atoms with Gasteiger partial charge in [0, 0.05) is 37.9 Å². The third kappa shape index (κ3) is 4.62. The number of carboxylic acid groups (broad SMARTS) is 1. The van der Waals surface area contributed by atoms with Crippen molar-refractivity contribution in [3.05, 3.63) is 23.8 Å². The number of aliphatic carboxylic acids is 1. The smallest absolute Gasteiger partial charge is 0.314 e. The minimum Gasteiger partial charge on any atom is -0.481 e. The van der Waals surface area contributed by atoms with E-state index in [4.69, 9.17) is 4.74 Å².